The predicted molar refractivity (Wildman–Crippen MR) is 110 cm³/mol. The average Bonchev–Trinajstić information content (AvgIpc) is 3.31. The van der Waals surface area contributed by atoms with E-state index in [0.717, 1.165) is 23.9 Å². The molecule has 158 valence electrons. The fourth-order valence-corrected chi connectivity index (χ4v) is 4.41. The lowest BCUT2D eigenvalue weighted by atomic mass is 9.99. The van der Waals surface area contributed by atoms with Crippen LogP contribution in [0.1, 0.15) is 56.7 Å². The van der Waals surface area contributed by atoms with Gasteiger partial charge >= 0.3 is 6.18 Å². The number of nitrogens with zero attached hydrogens (tertiary/aromatic N) is 4. The molecule has 1 aliphatic carbocycles. The standard InChI is InChI=1S/C23H19F3N4O/c1-3-13-7-18-19(20(8-13)23(24,25)26)11-30(22(18)31)15-6-4-5-14(9-15)16-10-17(16)21-28-27-12-29(21)2/h3-9,12,16-17H,1,10-11H2,2H3/t16-,17-/m1/s1. The third-order valence-electron chi connectivity index (χ3n) is 6.08. The summed E-state index contributed by atoms with van der Waals surface area (Å²) >= 11 is 0. The summed E-state index contributed by atoms with van der Waals surface area (Å²) in [7, 11) is 1.90. The molecule has 0 N–H and O–H groups in total. The number of alkyl halides is 3. The number of hydrogen-bond donors (Lipinski definition) is 0. The molecule has 5 rings (SSSR count). The van der Waals surface area contributed by atoms with Crippen LogP contribution in [0.4, 0.5) is 18.9 Å². The maximum atomic E-state index is 13.6. The van der Waals surface area contributed by atoms with Crippen molar-refractivity contribution in [3.63, 3.8) is 0 Å². The van der Waals surface area contributed by atoms with Crippen LogP contribution in [0.2, 0.25) is 0 Å². The molecule has 5 nitrogen and oxygen atoms in total. The molecule has 1 aliphatic heterocycles. The summed E-state index contributed by atoms with van der Waals surface area (Å²) in [6, 6.07) is 10.0. The minimum Gasteiger partial charge on any atom is -0.320 e. The van der Waals surface area contributed by atoms with Gasteiger partial charge in [-0.15, -0.1) is 10.2 Å². The molecule has 0 saturated heterocycles. The minimum absolute atomic E-state index is 0.0110. The molecule has 1 amide bonds. The number of aromatic nitrogens is 3. The van der Waals surface area contributed by atoms with E-state index < -0.39 is 17.6 Å². The number of anilines is 1. The first kappa shape index (κ1) is 19.5. The van der Waals surface area contributed by atoms with Crippen molar-refractivity contribution in [2.24, 2.45) is 7.05 Å². The van der Waals surface area contributed by atoms with Crippen molar-refractivity contribution >= 4 is 17.7 Å². The van der Waals surface area contributed by atoms with E-state index in [1.54, 1.807) is 12.4 Å². The second-order valence-electron chi connectivity index (χ2n) is 8.03. The summed E-state index contributed by atoms with van der Waals surface area (Å²) < 4.78 is 42.8. The zero-order valence-corrected chi connectivity index (χ0v) is 16.7. The Morgan fingerprint density at radius 1 is 1.19 bits per heavy atom. The molecule has 2 aromatic carbocycles. The van der Waals surface area contributed by atoms with Crippen LogP contribution in [-0.2, 0) is 19.8 Å². The number of amides is 1. The van der Waals surface area contributed by atoms with Gasteiger partial charge in [0.05, 0.1) is 12.1 Å². The highest BCUT2D eigenvalue weighted by molar-refractivity contribution is 6.10. The van der Waals surface area contributed by atoms with E-state index >= 15 is 0 Å². The van der Waals surface area contributed by atoms with E-state index in [0.29, 0.717) is 5.69 Å². The van der Waals surface area contributed by atoms with Gasteiger partial charge in [0.2, 0.25) is 0 Å². The monoisotopic (exact) mass is 424 g/mol. The van der Waals surface area contributed by atoms with Crippen LogP contribution in [0.5, 0.6) is 0 Å². The molecule has 3 aromatic rings. The zero-order chi connectivity index (χ0) is 21.9. The third-order valence-corrected chi connectivity index (χ3v) is 6.08. The molecule has 2 heterocycles. The molecular formula is C23H19F3N4O. The second kappa shape index (κ2) is 6.80. The Bertz CT molecular complexity index is 1210. The zero-order valence-electron chi connectivity index (χ0n) is 16.7. The smallest absolute Gasteiger partial charge is 0.320 e. The lowest BCUT2D eigenvalue weighted by molar-refractivity contribution is -0.138. The molecule has 2 atom stereocenters. The largest absolute Gasteiger partial charge is 0.416 e. The maximum absolute atomic E-state index is 13.6. The molecule has 1 aromatic heterocycles. The first-order valence-corrected chi connectivity index (χ1v) is 9.90. The van der Waals surface area contributed by atoms with Crippen LogP contribution in [0.3, 0.4) is 0 Å². The van der Waals surface area contributed by atoms with Gasteiger partial charge in [0.25, 0.3) is 5.91 Å². The Hall–Kier alpha value is -3.42. The summed E-state index contributed by atoms with van der Waals surface area (Å²) in [4.78, 5) is 14.5. The van der Waals surface area contributed by atoms with Gasteiger partial charge in [-0.05, 0) is 53.3 Å². The summed E-state index contributed by atoms with van der Waals surface area (Å²) in [5.41, 5.74) is 1.22. The quantitative estimate of drug-likeness (QED) is 0.598. The van der Waals surface area contributed by atoms with Crippen molar-refractivity contribution in [3.05, 3.63) is 82.9 Å². The van der Waals surface area contributed by atoms with Crippen LogP contribution >= 0.6 is 0 Å². The Morgan fingerprint density at radius 2 is 2.00 bits per heavy atom. The normalized spacial score (nSPS) is 20.1. The summed E-state index contributed by atoms with van der Waals surface area (Å²) in [6.07, 6.45) is -0.632. The lowest BCUT2D eigenvalue weighted by Gasteiger charge is -2.17. The first-order chi connectivity index (χ1) is 14.8. The van der Waals surface area contributed by atoms with Crippen LogP contribution in [0.15, 0.2) is 49.3 Å². The van der Waals surface area contributed by atoms with Gasteiger partial charge in [-0.3, -0.25) is 4.79 Å². The maximum Gasteiger partial charge on any atom is 0.416 e. The Kier molecular flexibility index (Phi) is 4.28. The van der Waals surface area contributed by atoms with Gasteiger partial charge in [0.15, 0.2) is 0 Å². The van der Waals surface area contributed by atoms with Crippen molar-refractivity contribution in [3.8, 4) is 0 Å². The van der Waals surface area contributed by atoms with Crippen molar-refractivity contribution in [1.29, 1.82) is 0 Å². The number of fused-ring (bicyclic) bond motifs is 1. The van der Waals surface area contributed by atoms with E-state index in [9.17, 15) is 18.0 Å². The molecule has 0 spiro atoms. The fraction of sp³-hybridized carbons (Fsp3) is 0.261. The molecule has 31 heavy (non-hydrogen) atoms. The highest BCUT2D eigenvalue weighted by atomic mass is 19.4. The fourth-order valence-electron chi connectivity index (χ4n) is 4.41. The molecule has 2 aliphatic rings. The highest BCUT2D eigenvalue weighted by Gasteiger charge is 2.43. The number of carbonyl (C=O) groups excluding carboxylic acids is 1. The summed E-state index contributed by atoms with van der Waals surface area (Å²) in [5.74, 6) is 0.982. The van der Waals surface area contributed by atoms with Crippen molar-refractivity contribution in [2.75, 3.05) is 4.90 Å². The number of halogens is 3. The van der Waals surface area contributed by atoms with E-state index in [-0.39, 0.29) is 35.1 Å². The lowest BCUT2D eigenvalue weighted by Crippen LogP contribution is -2.23. The number of rotatable bonds is 4. The number of aryl methyl sites for hydroxylation is 1. The molecule has 0 bridgehead atoms. The van der Waals surface area contributed by atoms with Crippen molar-refractivity contribution < 1.29 is 18.0 Å². The highest BCUT2D eigenvalue weighted by Crippen LogP contribution is 2.54. The van der Waals surface area contributed by atoms with Gasteiger partial charge in [-0.25, -0.2) is 0 Å². The van der Waals surface area contributed by atoms with Gasteiger partial charge in [-0.1, -0.05) is 24.8 Å². The van der Waals surface area contributed by atoms with E-state index in [2.05, 4.69) is 16.8 Å². The summed E-state index contributed by atoms with van der Waals surface area (Å²) in [5, 5.41) is 8.10. The molecule has 0 radical (unpaired) electrons. The van der Waals surface area contributed by atoms with Crippen LogP contribution in [0.25, 0.3) is 6.08 Å². The van der Waals surface area contributed by atoms with Gasteiger partial charge in [0.1, 0.15) is 12.2 Å². The number of carbonyl (C=O) groups is 1. The molecular weight excluding hydrogens is 405 g/mol. The molecule has 1 saturated carbocycles. The van der Waals surface area contributed by atoms with Gasteiger partial charge in [-0.2, -0.15) is 13.2 Å². The van der Waals surface area contributed by atoms with Crippen LogP contribution < -0.4 is 4.90 Å². The molecule has 0 unspecified atom stereocenters. The molecule has 8 heteroatoms. The second-order valence-corrected chi connectivity index (χ2v) is 8.03. The van der Waals surface area contributed by atoms with Gasteiger partial charge in [0, 0.05) is 24.2 Å². The Balaban J connectivity index is 1.47. The van der Waals surface area contributed by atoms with E-state index in [1.807, 2.05) is 29.8 Å². The van der Waals surface area contributed by atoms with Crippen molar-refractivity contribution in [2.45, 2.75) is 31.0 Å². The van der Waals surface area contributed by atoms with E-state index in [1.165, 1.54) is 17.0 Å². The third kappa shape index (κ3) is 3.22. The van der Waals surface area contributed by atoms with Crippen molar-refractivity contribution in [1.82, 2.24) is 14.8 Å². The Labute approximate surface area is 176 Å². The predicted octanol–water partition coefficient (Wildman–Crippen LogP) is 4.91. The SMILES string of the molecule is C=Cc1cc2c(c(C(F)(F)F)c1)CN(c1cccc([C@H]3C[C@H]3c3nncn3C)c1)C2=O. The Morgan fingerprint density at radius 3 is 2.68 bits per heavy atom. The number of benzene rings is 2. The van der Waals surface area contributed by atoms with Gasteiger partial charge < -0.3 is 9.47 Å². The average molecular weight is 424 g/mol. The first-order valence-electron chi connectivity index (χ1n) is 9.90. The topological polar surface area (TPSA) is 51.0 Å². The van der Waals surface area contributed by atoms with E-state index in [4.69, 9.17) is 0 Å². The number of hydrogen-bond acceptors (Lipinski definition) is 3. The van der Waals surface area contributed by atoms with Crippen LogP contribution in [-0.4, -0.2) is 20.7 Å². The minimum atomic E-state index is -4.54. The summed E-state index contributed by atoms with van der Waals surface area (Å²) in [6.45, 7) is 3.44. The molecule has 1 fully saturated rings. The van der Waals surface area contributed by atoms with Crippen LogP contribution in [0, 0.1) is 0 Å².